The molecule has 0 spiro atoms. The van der Waals surface area contributed by atoms with Crippen molar-refractivity contribution in [1.29, 1.82) is 0 Å². The maximum absolute atomic E-state index is 4.33. The fourth-order valence-corrected chi connectivity index (χ4v) is 3.19. The van der Waals surface area contributed by atoms with E-state index in [9.17, 15) is 0 Å². The zero-order valence-corrected chi connectivity index (χ0v) is 12.4. The molecule has 0 N–H and O–H groups in total. The third kappa shape index (κ3) is 1.56. The van der Waals surface area contributed by atoms with Gasteiger partial charge in [0, 0.05) is 17.0 Å². The average Bonchev–Trinajstić information content (AvgIpc) is 2.98. The summed E-state index contributed by atoms with van der Waals surface area (Å²) in [6.45, 7) is 2.16. The number of fused-ring (bicyclic) bond motifs is 3. The Morgan fingerprint density at radius 2 is 2.00 bits per heavy atom. The average molecular weight is 277 g/mol. The minimum Gasteiger partial charge on any atom is -0.261 e. The summed E-state index contributed by atoms with van der Waals surface area (Å²) in [6.07, 6.45) is 7.95. The Labute approximate surface area is 122 Å². The SMILES string of the molecule is Cc1cccc2c3ccncc3n(-c3n(C)cc[n+]3C)c12. The van der Waals surface area contributed by atoms with Gasteiger partial charge in [0.05, 0.1) is 32.7 Å². The zero-order valence-electron chi connectivity index (χ0n) is 12.4. The number of pyridine rings is 1. The molecular formula is C17H17N4+. The fraction of sp³-hybridized carbons (Fsp3) is 0.176. The largest absolute Gasteiger partial charge is 0.369 e. The van der Waals surface area contributed by atoms with E-state index in [4.69, 9.17) is 0 Å². The molecule has 0 aliphatic carbocycles. The van der Waals surface area contributed by atoms with E-state index >= 15 is 0 Å². The molecule has 1 aromatic carbocycles. The van der Waals surface area contributed by atoms with Crippen molar-refractivity contribution in [3.63, 3.8) is 0 Å². The van der Waals surface area contributed by atoms with Crippen molar-refractivity contribution in [3.05, 3.63) is 54.6 Å². The minimum atomic E-state index is 1.12. The molecule has 0 atom stereocenters. The van der Waals surface area contributed by atoms with E-state index < -0.39 is 0 Å². The van der Waals surface area contributed by atoms with Gasteiger partial charge in [-0.05, 0) is 18.6 Å². The Hall–Kier alpha value is -2.62. The second-order valence-corrected chi connectivity index (χ2v) is 5.52. The van der Waals surface area contributed by atoms with Crippen molar-refractivity contribution < 1.29 is 4.57 Å². The van der Waals surface area contributed by atoms with Crippen LogP contribution >= 0.6 is 0 Å². The van der Waals surface area contributed by atoms with Crippen LogP contribution in [0.5, 0.6) is 0 Å². The molecule has 0 saturated carbocycles. The molecular weight excluding hydrogens is 260 g/mol. The van der Waals surface area contributed by atoms with Gasteiger partial charge < -0.3 is 0 Å². The van der Waals surface area contributed by atoms with Gasteiger partial charge in [-0.25, -0.2) is 9.13 Å². The topological polar surface area (TPSA) is 26.6 Å². The molecule has 3 aromatic heterocycles. The van der Waals surface area contributed by atoms with Gasteiger partial charge in [-0.15, -0.1) is 0 Å². The number of rotatable bonds is 1. The van der Waals surface area contributed by atoms with E-state index in [1.165, 1.54) is 21.9 Å². The number of para-hydroxylation sites is 1. The summed E-state index contributed by atoms with van der Waals surface area (Å²) in [4.78, 5) is 4.33. The summed E-state index contributed by atoms with van der Waals surface area (Å²) >= 11 is 0. The number of hydrogen-bond acceptors (Lipinski definition) is 1. The van der Waals surface area contributed by atoms with E-state index in [-0.39, 0.29) is 0 Å². The van der Waals surface area contributed by atoms with E-state index in [0.717, 1.165) is 11.5 Å². The Morgan fingerprint density at radius 1 is 1.14 bits per heavy atom. The van der Waals surface area contributed by atoms with Crippen LogP contribution in [-0.2, 0) is 14.1 Å². The van der Waals surface area contributed by atoms with Crippen molar-refractivity contribution in [2.45, 2.75) is 6.92 Å². The van der Waals surface area contributed by atoms with Gasteiger partial charge in [-0.1, -0.05) is 18.2 Å². The fourth-order valence-electron chi connectivity index (χ4n) is 3.19. The van der Waals surface area contributed by atoms with Crippen LogP contribution in [0.15, 0.2) is 49.1 Å². The molecule has 21 heavy (non-hydrogen) atoms. The van der Waals surface area contributed by atoms with E-state index in [2.05, 4.69) is 76.4 Å². The van der Waals surface area contributed by atoms with Crippen molar-refractivity contribution in [2.75, 3.05) is 0 Å². The summed E-state index contributed by atoms with van der Waals surface area (Å²) in [5.41, 5.74) is 3.65. The summed E-state index contributed by atoms with van der Waals surface area (Å²) in [5.74, 6) is 1.12. The van der Waals surface area contributed by atoms with Crippen LogP contribution in [0, 0.1) is 6.92 Å². The highest BCUT2D eigenvalue weighted by Crippen LogP contribution is 2.32. The molecule has 0 unspecified atom stereocenters. The third-order valence-corrected chi connectivity index (χ3v) is 4.14. The molecule has 4 heteroatoms. The first-order chi connectivity index (χ1) is 10.2. The Kier molecular flexibility index (Phi) is 2.42. The van der Waals surface area contributed by atoms with Crippen LogP contribution in [0.25, 0.3) is 27.8 Å². The van der Waals surface area contributed by atoms with E-state index in [1.807, 2.05) is 12.4 Å². The quantitative estimate of drug-likeness (QED) is 0.491. The van der Waals surface area contributed by atoms with Crippen molar-refractivity contribution in [1.82, 2.24) is 14.1 Å². The van der Waals surface area contributed by atoms with Crippen molar-refractivity contribution in [3.8, 4) is 5.95 Å². The van der Waals surface area contributed by atoms with Crippen molar-refractivity contribution in [2.24, 2.45) is 14.1 Å². The van der Waals surface area contributed by atoms with Crippen LogP contribution < -0.4 is 4.57 Å². The van der Waals surface area contributed by atoms with Gasteiger partial charge in [-0.2, -0.15) is 4.57 Å². The molecule has 0 aliphatic rings. The molecule has 0 aliphatic heterocycles. The van der Waals surface area contributed by atoms with E-state index in [1.54, 1.807) is 0 Å². The van der Waals surface area contributed by atoms with Crippen LogP contribution in [0.3, 0.4) is 0 Å². The highest BCUT2D eigenvalue weighted by Gasteiger charge is 2.23. The lowest BCUT2D eigenvalue weighted by molar-refractivity contribution is -0.664. The number of aryl methyl sites for hydroxylation is 3. The first kappa shape index (κ1) is 12.1. The van der Waals surface area contributed by atoms with Crippen LogP contribution in [0.1, 0.15) is 5.56 Å². The molecule has 4 rings (SSSR count). The molecule has 0 amide bonds. The smallest absolute Gasteiger partial charge is 0.261 e. The van der Waals surface area contributed by atoms with Gasteiger partial charge in [0.2, 0.25) is 0 Å². The highest BCUT2D eigenvalue weighted by atomic mass is 15.3. The predicted octanol–water partition coefficient (Wildman–Crippen LogP) is 2.65. The van der Waals surface area contributed by atoms with Crippen LogP contribution in [0.2, 0.25) is 0 Å². The summed E-state index contributed by atoms with van der Waals surface area (Å²) < 4.78 is 6.57. The van der Waals surface area contributed by atoms with E-state index in [0.29, 0.717) is 0 Å². The number of nitrogens with zero attached hydrogens (tertiary/aromatic N) is 4. The second kappa shape index (κ2) is 4.19. The molecule has 0 fully saturated rings. The summed E-state index contributed by atoms with van der Waals surface area (Å²) in [5, 5.41) is 2.51. The van der Waals surface area contributed by atoms with Gasteiger partial charge in [0.1, 0.15) is 11.0 Å². The Balaban J connectivity index is 2.31. The normalized spacial score (nSPS) is 11.6. The lowest BCUT2D eigenvalue weighted by Gasteiger charge is -2.04. The standard InChI is InChI=1S/C17H17N4/c1-12-5-4-6-14-13-7-8-18-11-15(13)21(16(12)14)17-19(2)9-10-20(17)3/h4-11H,1-3H3/q+1. The molecule has 4 aromatic rings. The number of hydrogen-bond donors (Lipinski definition) is 0. The first-order valence-corrected chi connectivity index (χ1v) is 7.03. The third-order valence-electron chi connectivity index (χ3n) is 4.14. The number of benzene rings is 1. The summed E-state index contributed by atoms with van der Waals surface area (Å²) in [6, 6.07) is 8.56. The molecule has 3 heterocycles. The van der Waals surface area contributed by atoms with Gasteiger partial charge >= 0.3 is 5.95 Å². The van der Waals surface area contributed by atoms with Gasteiger partial charge in [-0.3, -0.25) is 4.98 Å². The lowest BCUT2D eigenvalue weighted by Crippen LogP contribution is -2.32. The maximum Gasteiger partial charge on any atom is 0.369 e. The molecule has 0 radical (unpaired) electrons. The van der Waals surface area contributed by atoms with Gasteiger partial charge in [0.15, 0.2) is 0 Å². The molecule has 4 nitrogen and oxygen atoms in total. The Morgan fingerprint density at radius 3 is 2.76 bits per heavy atom. The molecule has 104 valence electrons. The van der Waals surface area contributed by atoms with Crippen LogP contribution in [-0.4, -0.2) is 14.1 Å². The van der Waals surface area contributed by atoms with Crippen LogP contribution in [0.4, 0.5) is 0 Å². The first-order valence-electron chi connectivity index (χ1n) is 7.03. The lowest BCUT2D eigenvalue weighted by atomic mass is 10.1. The molecule has 0 saturated heterocycles. The molecule has 0 bridgehead atoms. The monoisotopic (exact) mass is 277 g/mol. The zero-order chi connectivity index (χ0) is 14.6. The maximum atomic E-state index is 4.33. The summed E-state index contributed by atoms with van der Waals surface area (Å²) in [7, 11) is 4.14. The Bertz CT molecular complexity index is 956. The second-order valence-electron chi connectivity index (χ2n) is 5.52. The number of imidazole rings is 1. The predicted molar refractivity (Wildman–Crippen MR) is 83.5 cm³/mol. The number of aromatic nitrogens is 4. The minimum absolute atomic E-state index is 1.12. The van der Waals surface area contributed by atoms with Gasteiger partial charge in [0.25, 0.3) is 0 Å². The van der Waals surface area contributed by atoms with Crippen molar-refractivity contribution >= 4 is 21.8 Å². The highest BCUT2D eigenvalue weighted by molar-refractivity contribution is 6.09.